The second kappa shape index (κ2) is 5.75. The molecule has 1 heterocycles. The fourth-order valence-corrected chi connectivity index (χ4v) is 2.91. The van der Waals surface area contributed by atoms with Crippen molar-refractivity contribution in [1.29, 1.82) is 0 Å². The molecule has 1 aliphatic heterocycles. The second-order valence-electron chi connectivity index (χ2n) is 3.94. The summed E-state index contributed by atoms with van der Waals surface area (Å²) in [6, 6.07) is 5.30. The molecule has 1 atom stereocenters. The van der Waals surface area contributed by atoms with Crippen LogP contribution in [0.4, 0.5) is 10.5 Å². The molecule has 96 valence electrons. The third kappa shape index (κ3) is 3.05. The number of hydrogen-bond donors (Lipinski definition) is 2. The highest BCUT2D eigenvalue weighted by molar-refractivity contribution is 9.10. The molecule has 1 aliphatic rings. The lowest BCUT2D eigenvalue weighted by Crippen LogP contribution is -2.38. The van der Waals surface area contributed by atoms with Crippen molar-refractivity contribution in [3.8, 4) is 0 Å². The largest absolute Gasteiger partial charge is 0.334 e. The van der Waals surface area contributed by atoms with E-state index in [1.165, 1.54) is 0 Å². The van der Waals surface area contributed by atoms with Gasteiger partial charge in [0, 0.05) is 15.9 Å². The van der Waals surface area contributed by atoms with Crippen LogP contribution in [0.3, 0.4) is 0 Å². The Kier molecular flexibility index (Phi) is 4.29. The van der Waals surface area contributed by atoms with Gasteiger partial charge in [-0.1, -0.05) is 34.6 Å². The van der Waals surface area contributed by atoms with E-state index in [2.05, 4.69) is 26.6 Å². The van der Waals surface area contributed by atoms with Gasteiger partial charge in [0.2, 0.25) is 5.91 Å². The average Bonchev–Trinajstić information content (AvgIpc) is 2.78. The van der Waals surface area contributed by atoms with Crippen molar-refractivity contribution in [1.82, 2.24) is 5.32 Å². The molecule has 0 aliphatic carbocycles. The number of halogens is 1. The van der Waals surface area contributed by atoms with Gasteiger partial charge < -0.3 is 10.6 Å². The van der Waals surface area contributed by atoms with Gasteiger partial charge in [-0.2, -0.15) is 0 Å². The lowest BCUT2D eigenvalue weighted by Gasteiger charge is -2.13. The van der Waals surface area contributed by atoms with Crippen molar-refractivity contribution < 1.29 is 9.59 Å². The Morgan fingerprint density at radius 1 is 1.61 bits per heavy atom. The lowest BCUT2D eigenvalue weighted by molar-refractivity contribution is -0.117. The zero-order valence-electron chi connectivity index (χ0n) is 9.83. The number of hydrogen-bond acceptors (Lipinski definition) is 3. The Morgan fingerprint density at radius 3 is 3.00 bits per heavy atom. The van der Waals surface area contributed by atoms with Crippen LogP contribution in [-0.2, 0) is 11.2 Å². The first kappa shape index (κ1) is 13.4. The van der Waals surface area contributed by atoms with E-state index in [4.69, 9.17) is 0 Å². The topological polar surface area (TPSA) is 58.2 Å². The third-order valence-electron chi connectivity index (χ3n) is 2.70. The monoisotopic (exact) mass is 328 g/mol. The number of rotatable bonds is 3. The molecular formula is C12H13BrN2O2S. The van der Waals surface area contributed by atoms with E-state index in [9.17, 15) is 9.59 Å². The summed E-state index contributed by atoms with van der Waals surface area (Å²) in [7, 11) is 0. The fraction of sp³-hybridized carbons (Fsp3) is 0.333. The summed E-state index contributed by atoms with van der Waals surface area (Å²) in [4.78, 5) is 23.0. The van der Waals surface area contributed by atoms with Gasteiger partial charge in [-0.3, -0.25) is 9.59 Å². The number of thioether (sulfide) groups is 1. The first-order chi connectivity index (χ1) is 8.60. The minimum absolute atomic E-state index is 0.137. The Morgan fingerprint density at radius 2 is 2.39 bits per heavy atom. The number of anilines is 1. The molecule has 1 aromatic rings. The van der Waals surface area contributed by atoms with Crippen LogP contribution in [0.5, 0.6) is 0 Å². The zero-order valence-corrected chi connectivity index (χ0v) is 12.2. The molecule has 2 N–H and O–H groups in total. The maximum atomic E-state index is 12.0. The van der Waals surface area contributed by atoms with Gasteiger partial charge in [0.05, 0.1) is 0 Å². The number of aryl methyl sites for hydroxylation is 1. The molecule has 6 heteroatoms. The van der Waals surface area contributed by atoms with Crippen LogP contribution in [0, 0.1) is 0 Å². The minimum Gasteiger partial charge on any atom is -0.334 e. The second-order valence-corrected chi connectivity index (χ2v) is 5.85. The van der Waals surface area contributed by atoms with Gasteiger partial charge >= 0.3 is 0 Å². The van der Waals surface area contributed by atoms with Gasteiger partial charge in [-0.25, -0.2) is 0 Å². The van der Waals surface area contributed by atoms with Gasteiger partial charge in [0.15, 0.2) is 0 Å². The normalized spacial score (nSPS) is 18.6. The Balaban J connectivity index is 2.09. The molecule has 18 heavy (non-hydrogen) atoms. The summed E-state index contributed by atoms with van der Waals surface area (Å²) in [5, 5.41) is 5.35. The van der Waals surface area contributed by atoms with Crippen molar-refractivity contribution in [3.63, 3.8) is 0 Å². The van der Waals surface area contributed by atoms with Crippen LogP contribution in [0.15, 0.2) is 22.7 Å². The molecule has 2 rings (SSSR count). The third-order valence-corrected chi connectivity index (χ3v) is 4.07. The summed E-state index contributed by atoms with van der Waals surface area (Å²) in [6.45, 7) is 2.03. The average molecular weight is 329 g/mol. The Bertz CT molecular complexity index is 493. The number of carbonyl (C=O) groups excluding carboxylic acids is 2. The molecule has 1 unspecified atom stereocenters. The lowest BCUT2D eigenvalue weighted by atomic mass is 10.1. The van der Waals surface area contributed by atoms with E-state index in [0.717, 1.165) is 33.9 Å². The predicted octanol–water partition coefficient (Wildman–Crippen LogP) is 2.78. The van der Waals surface area contributed by atoms with Crippen LogP contribution >= 0.6 is 27.7 Å². The maximum absolute atomic E-state index is 12.0. The van der Waals surface area contributed by atoms with E-state index in [1.807, 2.05) is 25.1 Å². The Hall–Kier alpha value is -1.01. The molecule has 0 spiro atoms. The summed E-state index contributed by atoms with van der Waals surface area (Å²) in [6.07, 6.45) is 0.834. The van der Waals surface area contributed by atoms with Crippen molar-refractivity contribution in [2.45, 2.75) is 19.4 Å². The number of benzene rings is 1. The highest BCUT2D eigenvalue weighted by atomic mass is 79.9. The molecule has 2 amide bonds. The van der Waals surface area contributed by atoms with E-state index in [1.54, 1.807) is 0 Å². The molecule has 1 aromatic carbocycles. The number of amides is 2. The molecule has 0 saturated carbocycles. The molecule has 0 bridgehead atoms. The first-order valence-corrected chi connectivity index (χ1v) is 7.40. The molecule has 1 saturated heterocycles. The van der Waals surface area contributed by atoms with Gasteiger partial charge in [0.25, 0.3) is 5.24 Å². The van der Waals surface area contributed by atoms with E-state index >= 15 is 0 Å². The van der Waals surface area contributed by atoms with Crippen molar-refractivity contribution in [2.24, 2.45) is 0 Å². The molecular weight excluding hydrogens is 316 g/mol. The molecule has 4 nitrogen and oxygen atoms in total. The minimum atomic E-state index is -0.434. The summed E-state index contributed by atoms with van der Waals surface area (Å²) < 4.78 is 0.988. The molecule has 0 aromatic heterocycles. The van der Waals surface area contributed by atoms with Crippen LogP contribution in [0.25, 0.3) is 0 Å². The SMILES string of the molecule is CCc1cc(Br)ccc1NC(=O)C1CSC(=O)N1. The van der Waals surface area contributed by atoms with Gasteiger partial charge in [0.1, 0.15) is 6.04 Å². The number of nitrogens with one attached hydrogen (secondary N) is 2. The smallest absolute Gasteiger partial charge is 0.279 e. The van der Waals surface area contributed by atoms with Crippen LogP contribution in [0.1, 0.15) is 12.5 Å². The van der Waals surface area contributed by atoms with Gasteiger partial charge in [-0.15, -0.1) is 0 Å². The van der Waals surface area contributed by atoms with E-state index in [-0.39, 0.29) is 11.1 Å². The highest BCUT2D eigenvalue weighted by Gasteiger charge is 2.28. The fourth-order valence-electron chi connectivity index (χ4n) is 1.72. The standard InChI is InChI=1S/C12H13BrN2O2S/c1-2-7-5-8(13)3-4-9(7)14-11(16)10-6-18-12(17)15-10/h3-5,10H,2,6H2,1H3,(H,14,16)(H,15,17). The van der Waals surface area contributed by atoms with Crippen LogP contribution < -0.4 is 10.6 Å². The van der Waals surface area contributed by atoms with Crippen molar-refractivity contribution in [3.05, 3.63) is 28.2 Å². The summed E-state index contributed by atoms with van der Waals surface area (Å²) in [5.41, 5.74) is 1.87. The number of carbonyl (C=O) groups is 2. The molecule has 0 radical (unpaired) electrons. The Labute approximate surface area is 118 Å². The maximum Gasteiger partial charge on any atom is 0.279 e. The zero-order chi connectivity index (χ0) is 13.1. The van der Waals surface area contributed by atoms with Crippen molar-refractivity contribution in [2.75, 3.05) is 11.1 Å². The quantitative estimate of drug-likeness (QED) is 0.896. The molecule has 1 fully saturated rings. The van der Waals surface area contributed by atoms with Crippen LogP contribution in [-0.4, -0.2) is 22.9 Å². The van der Waals surface area contributed by atoms with E-state index < -0.39 is 6.04 Å². The summed E-state index contributed by atoms with van der Waals surface area (Å²) >= 11 is 4.54. The summed E-state index contributed by atoms with van der Waals surface area (Å²) in [5.74, 6) is 0.327. The highest BCUT2D eigenvalue weighted by Crippen LogP contribution is 2.22. The first-order valence-electron chi connectivity index (χ1n) is 5.62. The predicted molar refractivity (Wildman–Crippen MR) is 76.9 cm³/mol. The van der Waals surface area contributed by atoms with E-state index in [0.29, 0.717) is 5.75 Å². The van der Waals surface area contributed by atoms with Crippen LogP contribution in [0.2, 0.25) is 0 Å². The van der Waals surface area contributed by atoms with Gasteiger partial charge in [-0.05, 0) is 30.2 Å². The van der Waals surface area contributed by atoms with Crippen molar-refractivity contribution >= 4 is 44.5 Å².